The summed E-state index contributed by atoms with van der Waals surface area (Å²) < 4.78 is 10.3. The summed E-state index contributed by atoms with van der Waals surface area (Å²) in [7, 11) is 0. The number of fused-ring (bicyclic) bond motifs is 1. The van der Waals surface area contributed by atoms with Gasteiger partial charge in [0.25, 0.3) is 5.91 Å². The van der Waals surface area contributed by atoms with Gasteiger partial charge in [-0.1, -0.05) is 0 Å². The molecule has 1 aliphatic rings. The van der Waals surface area contributed by atoms with Crippen LogP contribution >= 0.6 is 0 Å². The molecule has 1 aromatic rings. The lowest BCUT2D eigenvalue weighted by Gasteiger charge is -2.27. The number of aromatic nitrogens is 1. The number of ether oxygens (including phenoxy) is 2. The van der Waals surface area contributed by atoms with Gasteiger partial charge in [0.15, 0.2) is 18.2 Å². The van der Waals surface area contributed by atoms with Crippen LogP contribution in [0.4, 0.5) is 5.82 Å². The van der Waals surface area contributed by atoms with E-state index >= 15 is 0 Å². The van der Waals surface area contributed by atoms with Crippen LogP contribution in [-0.4, -0.2) is 61.4 Å². The van der Waals surface area contributed by atoms with E-state index in [1.807, 2.05) is 0 Å². The lowest BCUT2D eigenvalue weighted by molar-refractivity contribution is -0.125. The first-order chi connectivity index (χ1) is 10.2. The van der Waals surface area contributed by atoms with Gasteiger partial charge < -0.3 is 19.9 Å². The maximum absolute atomic E-state index is 11.8. The third-order valence-corrected chi connectivity index (χ3v) is 2.76. The summed E-state index contributed by atoms with van der Waals surface area (Å²) >= 11 is 0. The number of hydrogen-bond donors (Lipinski definition) is 2. The van der Waals surface area contributed by atoms with E-state index in [4.69, 9.17) is 14.6 Å². The van der Waals surface area contributed by atoms with Crippen molar-refractivity contribution >= 4 is 17.6 Å². The third kappa shape index (κ3) is 4.14. The van der Waals surface area contributed by atoms with E-state index < -0.39 is 0 Å². The number of hydrogen-bond acceptors (Lipinski definition) is 6. The summed E-state index contributed by atoms with van der Waals surface area (Å²) in [5, 5.41) is 11.2. The van der Waals surface area contributed by atoms with Crippen molar-refractivity contribution < 1.29 is 24.2 Å². The fourth-order valence-electron chi connectivity index (χ4n) is 1.82. The molecular formula is C13H17N3O5. The molecule has 8 heteroatoms. The van der Waals surface area contributed by atoms with E-state index in [2.05, 4.69) is 10.3 Å². The molecule has 0 atom stereocenters. The molecule has 2 N–H and O–H groups in total. The lowest BCUT2D eigenvalue weighted by atomic mass is 10.3. The highest BCUT2D eigenvalue weighted by Crippen LogP contribution is 2.28. The molecule has 8 nitrogen and oxygen atoms in total. The van der Waals surface area contributed by atoms with Crippen LogP contribution in [0.25, 0.3) is 0 Å². The van der Waals surface area contributed by atoms with E-state index in [1.54, 1.807) is 12.1 Å². The quantitative estimate of drug-likeness (QED) is 0.621. The van der Waals surface area contributed by atoms with Crippen molar-refractivity contribution in [3.63, 3.8) is 0 Å². The molecule has 0 aromatic carbocycles. The molecule has 0 saturated heterocycles. The van der Waals surface area contributed by atoms with Gasteiger partial charge >= 0.3 is 0 Å². The standard InChI is InChI=1S/C13H17N3O5/c17-5-7-20-6-4-14-11(18)8-16-12(19)9-21-10-2-1-3-15-13(10)16/h1-3,17H,4-9H2,(H,14,18). The Morgan fingerprint density at radius 3 is 3.19 bits per heavy atom. The Labute approximate surface area is 121 Å². The molecule has 0 fully saturated rings. The van der Waals surface area contributed by atoms with Crippen LogP contribution in [0.15, 0.2) is 18.3 Å². The minimum absolute atomic E-state index is 0.0569. The monoisotopic (exact) mass is 295 g/mol. The van der Waals surface area contributed by atoms with Crippen molar-refractivity contribution in [3.05, 3.63) is 18.3 Å². The van der Waals surface area contributed by atoms with Gasteiger partial charge in [-0.15, -0.1) is 0 Å². The Morgan fingerprint density at radius 1 is 1.52 bits per heavy atom. The van der Waals surface area contributed by atoms with Crippen molar-refractivity contribution in [2.45, 2.75) is 0 Å². The van der Waals surface area contributed by atoms with E-state index in [0.717, 1.165) is 0 Å². The average molecular weight is 295 g/mol. The summed E-state index contributed by atoms with van der Waals surface area (Å²) in [6, 6.07) is 3.40. The summed E-state index contributed by atoms with van der Waals surface area (Å²) in [4.78, 5) is 29.0. The van der Waals surface area contributed by atoms with Crippen LogP contribution in [0.3, 0.4) is 0 Å². The van der Waals surface area contributed by atoms with Crippen molar-refractivity contribution in [2.24, 2.45) is 0 Å². The van der Waals surface area contributed by atoms with Gasteiger partial charge in [0, 0.05) is 12.7 Å². The number of aliphatic hydroxyl groups is 1. The molecule has 1 aromatic heterocycles. The third-order valence-electron chi connectivity index (χ3n) is 2.76. The van der Waals surface area contributed by atoms with Crippen LogP contribution in [0, 0.1) is 0 Å². The van der Waals surface area contributed by atoms with E-state index in [-0.39, 0.29) is 38.2 Å². The molecule has 114 valence electrons. The van der Waals surface area contributed by atoms with Crippen molar-refractivity contribution in [2.75, 3.05) is 44.4 Å². The van der Waals surface area contributed by atoms with Gasteiger partial charge in [-0.25, -0.2) is 4.98 Å². The Balaban J connectivity index is 1.87. The van der Waals surface area contributed by atoms with Gasteiger partial charge in [-0.05, 0) is 12.1 Å². The van der Waals surface area contributed by atoms with Crippen molar-refractivity contribution in [3.8, 4) is 5.75 Å². The van der Waals surface area contributed by atoms with Crippen LogP contribution in [-0.2, 0) is 14.3 Å². The Hall–Kier alpha value is -2.19. The molecule has 0 radical (unpaired) electrons. The first-order valence-electron chi connectivity index (χ1n) is 6.56. The molecule has 21 heavy (non-hydrogen) atoms. The van der Waals surface area contributed by atoms with Crippen molar-refractivity contribution in [1.29, 1.82) is 0 Å². The minimum atomic E-state index is -0.312. The molecule has 2 amide bonds. The predicted molar refractivity (Wildman–Crippen MR) is 73.0 cm³/mol. The number of amides is 2. The molecular weight excluding hydrogens is 278 g/mol. The van der Waals surface area contributed by atoms with Crippen LogP contribution < -0.4 is 15.0 Å². The number of nitrogens with zero attached hydrogens (tertiary/aromatic N) is 2. The number of anilines is 1. The zero-order valence-electron chi connectivity index (χ0n) is 11.4. The smallest absolute Gasteiger partial charge is 0.266 e. The zero-order valence-corrected chi connectivity index (χ0v) is 11.4. The fourth-order valence-corrected chi connectivity index (χ4v) is 1.82. The normalized spacial score (nSPS) is 13.6. The molecule has 0 bridgehead atoms. The van der Waals surface area contributed by atoms with Gasteiger partial charge in [-0.2, -0.15) is 0 Å². The topological polar surface area (TPSA) is 101 Å². The zero-order chi connectivity index (χ0) is 15.1. The van der Waals surface area contributed by atoms with Gasteiger partial charge in [0.2, 0.25) is 5.91 Å². The minimum Gasteiger partial charge on any atom is -0.480 e. The second-order valence-corrected chi connectivity index (χ2v) is 4.28. The highest BCUT2D eigenvalue weighted by Gasteiger charge is 2.28. The maximum Gasteiger partial charge on any atom is 0.266 e. The Bertz CT molecular complexity index is 508. The van der Waals surface area contributed by atoms with E-state index in [0.29, 0.717) is 24.7 Å². The molecule has 0 saturated carbocycles. The molecule has 0 unspecified atom stereocenters. The number of carbonyl (C=O) groups is 2. The van der Waals surface area contributed by atoms with Crippen molar-refractivity contribution in [1.82, 2.24) is 10.3 Å². The molecule has 0 aliphatic carbocycles. The van der Waals surface area contributed by atoms with E-state index in [9.17, 15) is 9.59 Å². The van der Waals surface area contributed by atoms with Crippen LogP contribution in [0.2, 0.25) is 0 Å². The first-order valence-corrected chi connectivity index (χ1v) is 6.56. The van der Waals surface area contributed by atoms with Crippen LogP contribution in [0.5, 0.6) is 5.75 Å². The largest absolute Gasteiger partial charge is 0.480 e. The summed E-state index contributed by atoms with van der Waals surface area (Å²) in [5.41, 5.74) is 0. The SMILES string of the molecule is O=C(CN1C(=O)COc2cccnc21)NCCOCCO. The second kappa shape index (κ2) is 7.55. The summed E-state index contributed by atoms with van der Waals surface area (Å²) in [5.74, 6) is 0.207. The summed E-state index contributed by atoms with van der Waals surface area (Å²) in [6.07, 6.45) is 1.54. The molecule has 2 rings (SSSR count). The number of pyridine rings is 1. The number of aliphatic hydroxyl groups excluding tert-OH is 1. The van der Waals surface area contributed by atoms with Gasteiger partial charge in [-0.3, -0.25) is 14.5 Å². The maximum atomic E-state index is 11.8. The van der Waals surface area contributed by atoms with Gasteiger partial charge in [0.05, 0.1) is 19.8 Å². The summed E-state index contributed by atoms with van der Waals surface area (Å²) in [6.45, 7) is 0.566. The molecule has 0 spiro atoms. The Morgan fingerprint density at radius 2 is 2.38 bits per heavy atom. The number of nitrogens with one attached hydrogen (secondary N) is 1. The highest BCUT2D eigenvalue weighted by molar-refractivity contribution is 6.01. The number of rotatable bonds is 7. The van der Waals surface area contributed by atoms with Crippen LogP contribution in [0.1, 0.15) is 0 Å². The first kappa shape index (κ1) is 15.2. The fraction of sp³-hybridized carbons (Fsp3) is 0.462. The lowest BCUT2D eigenvalue weighted by Crippen LogP contribution is -2.46. The Kier molecular flexibility index (Phi) is 5.47. The molecule has 2 heterocycles. The second-order valence-electron chi connectivity index (χ2n) is 4.28. The van der Waals surface area contributed by atoms with Gasteiger partial charge in [0.1, 0.15) is 6.54 Å². The predicted octanol–water partition coefficient (Wildman–Crippen LogP) is -1.07. The highest BCUT2D eigenvalue weighted by atomic mass is 16.5. The van der Waals surface area contributed by atoms with E-state index in [1.165, 1.54) is 11.1 Å². The number of carbonyl (C=O) groups excluding carboxylic acids is 2. The average Bonchev–Trinajstić information content (AvgIpc) is 2.50. The molecule has 1 aliphatic heterocycles.